The number of rotatable bonds is 4. The van der Waals surface area contributed by atoms with Crippen LogP contribution in [-0.2, 0) is 9.53 Å². The Balaban J connectivity index is 2.90. The standard InChI is InChI=1S/C12H13F3O3/c1-6(3-10(16)18-2)12(17)7-4-8(13)11(15)9(14)5-7/h4-6,12,17H,3H2,1-2H3. The molecule has 6 heteroatoms. The topological polar surface area (TPSA) is 46.5 Å². The molecule has 18 heavy (non-hydrogen) atoms. The molecular weight excluding hydrogens is 249 g/mol. The first-order chi connectivity index (χ1) is 8.36. The van der Waals surface area contributed by atoms with Crippen LogP contribution in [0.4, 0.5) is 13.2 Å². The number of aliphatic hydroxyl groups is 1. The maximum absolute atomic E-state index is 13.0. The summed E-state index contributed by atoms with van der Waals surface area (Å²) in [5.41, 5.74) is -0.122. The van der Waals surface area contributed by atoms with Crippen molar-refractivity contribution >= 4 is 5.97 Å². The number of ether oxygens (including phenoxy) is 1. The number of methoxy groups -OCH3 is 1. The molecule has 0 aliphatic heterocycles. The Bertz CT molecular complexity index is 425. The van der Waals surface area contributed by atoms with Crippen LogP contribution in [0.1, 0.15) is 25.0 Å². The van der Waals surface area contributed by atoms with Crippen LogP contribution in [0, 0.1) is 23.4 Å². The number of esters is 1. The summed E-state index contributed by atoms with van der Waals surface area (Å²) in [5, 5.41) is 9.81. The van der Waals surface area contributed by atoms with Crippen molar-refractivity contribution in [3.63, 3.8) is 0 Å². The highest BCUT2D eigenvalue weighted by atomic mass is 19.2. The Hall–Kier alpha value is -1.56. The second-order valence-electron chi connectivity index (χ2n) is 4.00. The van der Waals surface area contributed by atoms with E-state index in [1.165, 1.54) is 14.0 Å². The number of hydrogen-bond acceptors (Lipinski definition) is 3. The monoisotopic (exact) mass is 262 g/mol. The summed E-state index contributed by atoms with van der Waals surface area (Å²) in [7, 11) is 1.19. The number of benzene rings is 1. The highest BCUT2D eigenvalue weighted by molar-refractivity contribution is 5.69. The predicted molar refractivity (Wildman–Crippen MR) is 57.1 cm³/mol. The van der Waals surface area contributed by atoms with Gasteiger partial charge >= 0.3 is 5.97 Å². The maximum Gasteiger partial charge on any atom is 0.305 e. The first-order valence-corrected chi connectivity index (χ1v) is 5.26. The van der Waals surface area contributed by atoms with E-state index >= 15 is 0 Å². The summed E-state index contributed by atoms with van der Waals surface area (Å²) < 4.78 is 43.1. The summed E-state index contributed by atoms with van der Waals surface area (Å²) in [5.74, 6) is -5.51. The molecule has 0 radical (unpaired) electrons. The predicted octanol–water partition coefficient (Wildman–Crippen LogP) is 2.34. The van der Waals surface area contributed by atoms with Crippen LogP contribution in [0.15, 0.2) is 12.1 Å². The summed E-state index contributed by atoms with van der Waals surface area (Å²) in [6, 6.07) is 1.41. The SMILES string of the molecule is COC(=O)CC(C)C(O)c1cc(F)c(F)c(F)c1. The molecule has 2 unspecified atom stereocenters. The molecule has 3 nitrogen and oxygen atoms in total. The van der Waals surface area contributed by atoms with Crippen LogP contribution in [-0.4, -0.2) is 18.2 Å². The van der Waals surface area contributed by atoms with E-state index in [2.05, 4.69) is 4.74 Å². The minimum atomic E-state index is -1.59. The van der Waals surface area contributed by atoms with Gasteiger partial charge in [-0.15, -0.1) is 0 Å². The molecule has 0 fully saturated rings. The molecule has 1 aromatic rings. The van der Waals surface area contributed by atoms with E-state index < -0.39 is 35.4 Å². The van der Waals surface area contributed by atoms with Gasteiger partial charge in [0.2, 0.25) is 0 Å². The van der Waals surface area contributed by atoms with Gasteiger partial charge in [-0.2, -0.15) is 0 Å². The molecule has 0 aliphatic rings. The molecule has 0 bridgehead atoms. The summed E-state index contributed by atoms with van der Waals surface area (Å²) in [4.78, 5) is 11.0. The Morgan fingerprint density at radius 1 is 1.33 bits per heavy atom. The van der Waals surface area contributed by atoms with E-state index in [9.17, 15) is 23.1 Å². The van der Waals surface area contributed by atoms with Crippen LogP contribution < -0.4 is 0 Å². The molecule has 0 aromatic heterocycles. The molecule has 0 heterocycles. The minimum absolute atomic E-state index is 0.113. The zero-order valence-corrected chi connectivity index (χ0v) is 9.91. The van der Waals surface area contributed by atoms with E-state index in [1.54, 1.807) is 0 Å². The van der Waals surface area contributed by atoms with Crippen molar-refractivity contribution in [1.29, 1.82) is 0 Å². The third-order valence-corrected chi connectivity index (χ3v) is 2.60. The van der Waals surface area contributed by atoms with Gasteiger partial charge in [0.25, 0.3) is 0 Å². The molecule has 100 valence electrons. The third kappa shape index (κ3) is 3.22. The lowest BCUT2D eigenvalue weighted by molar-refractivity contribution is -0.142. The highest BCUT2D eigenvalue weighted by Gasteiger charge is 2.22. The average Bonchev–Trinajstić information content (AvgIpc) is 2.33. The lowest BCUT2D eigenvalue weighted by Crippen LogP contribution is -2.15. The molecule has 0 amide bonds. The van der Waals surface area contributed by atoms with Crippen molar-refractivity contribution in [2.75, 3.05) is 7.11 Å². The second-order valence-corrected chi connectivity index (χ2v) is 4.00. The zero-order valence-electron chi connectivity index (χ0n) is 9.91. The normalized spacial score (nSPS) is 14.1. The average molecular weight is 262 g/mol. The van der Waals surface area contributed by atoms with E-state index in [-0.39, 0.29) is 12.0 Å². The fraction of sp³-hybridized carbons (Fsp3) is 0.417. The van der Waals surface area contributed by atoms with Crippen molar-refractivity contribution in [2.24, 2.45) is 5.92 Å². The number of carbonyl (C=O) groups excluding carboxylic acids is 1. The van der Waals surface area contributed by atoms with Gasteiger partial charge in [0.15, 0.2) is 17.5 Å². The number of aliphatic hydroxyl groups excluding tert-OH is 1. The van der Waals surface area contributed by atoms with E-state index in [0.29, 0.717) is 12.1 Å². The highest BCUT2D eigenvalue weighted by Crippen LogP contribution is 2.27. The lowest BCUT2D eigenvalue weighted by Gasteiger charge is -2.18. The molecule has 1 rings (SSSR count). The Kier molecular flexibility index (Phi) is 4.72. The first-order valence-electron chi connectivity index (χ1n) is 5.26. The quantitative estimate of drug-likeness (QED) is 0.669. The molecule has 1 aromatic carbocycles. The third-order valence-electron chi connectivity index (χ3n) is 2.60. The van der Waals surface area contributed by atoms with Crippen LogP contribution >= 0.6 is 0 Å². The van der Waals surface area contributed by atoms with Crippen LogP contribution in [0.25, 0.3) is 0 Å². The van der Waals surface area contributed by atoms with Gasteiger partial charge in [0.05, 0.1) is 19.6 Å². The molecule has 0 aliphatic carbocycles. The van der Waals surface area contributed by atoms with E-state index in [4.69, 9.17) is 0 Å². The Morgan fingerprint density at radius 3 is 2.28 bits per heavy atom. The van der Waals surface area contributed by atoms with Crippen LogP contribution in [0.3, 0.4) is 0 Å². The zero-order chi connectivity index (χ0) is 13.9. The second kappa shape index (κ2) is 5.86. The van der Waals surface area contributed by atoms with Gasteiger partial charge in [-0.25, -0.2) is 13.2 Å². The van der Waals surface area contributed by atoms with Crippen molar-refractivity contribution in [3.05, 3.63) is 35.1 Å². The molecule has 0 spiro atoms. The molecular formula is C12H13F3O3. The number of carbonyl (C=O) groups is 1. The van der Waals surface area contributed by atoms with E-state index in [0.717, 1.165) is 0 Å². The minimum Gasteiger partial charge on any atom is -0.469 e. The van der Waals surface area contributed by atoms with Gasteiger partial charge in [-0.05, 0) is 23.6 Å². The molecule has 2 atom stereocenters. The molecule has 1 N–H and O–H groups in total. The van der Waals surface area contributed by atoms with Crippen molar-refractivity contribution < 1.29 is 27.8 Å². The summed E-state index contributed by atoms with van der Waals surface area (Å²) >= 11 is 0. The lowest BCUT2D eigenvalue weighted by atomic mass is 9.94. The van der Waals surface area contributed by atoms with Gasteiger partial charge in [0, 0.05) is 0 Å². The van der Waals surface area contributed by atoms with Gasteiger partial charge < -0.3 is 9.84 Å². The van der Waals surface area contributed by atoms with Crippen LogP contribution in [0.2, 0.25) is 0 Å². The summed E-state index contributed by atoms with van der Waals surface area (Å²) in [6.07, 6.45) is -1.40. The first kappa shape index (κ1) is 14.5. The smallest absolute Gasteiger partial charge is 0.305 e. The van der Waals surface area contributed by atoms with Gasteiger partial charge in [-0.1, -0.05) is 6.92 Å². The molecule has 0 saturated heterocycles. The van der Waals surface area contributed by atoms with E-state index in [1.807, 2.05) is 0 Å². The Morgan fingerprint density at radius 2 is 1.83 bits per heavy atom. The molecule has 0 saturated carbocycles. The summed E-state index contributed by atoms with van der Waals surface area (Å²) in [6.45, 7) is 1.51. The number of hydrogen-bond donors (Lipinski definition) is 1. The Labute approximate surface area is 102 Å². The fourth-order valence-corrected chi connectivity index (χ4v) is 1.53. The van der Waals surface area contributed by atoms with Crippen molar-refractivity contribution in [1.82, 2.24) is 0 Å². The van der Waals surface area contributed by atoms with Crippen LogP contribution in [0.5, 0.6) is 0 Å². The number of halogens is 3. The van der Waals surface area contributed by atoms with Gasteiger partial charge in [0.1, 0.15) is 0 Å². The van der Waals surface area contributed by atoms with Crippen molar-refractivity contribution in [3.8, 4) is 0 Å². The largest absolute Gasteiger partial charge is 0.469 e. The maximum atomic E-state index is 13.0. The van der Waals surface area contributed by atoms with Crippen molar-refractivity contribution in [2.45, 2.75) is 19.4 Å². The fourth-order valence-electron chi connectivity index (χ4n) is 1.53. The van der Waals surface area contributed by atoms with Gasteiger partial charge in [-0.3, -0.25) is 4.79 Å².